The molecular weight excluding hydrogens is 257 g/mol. The molecule has 0 unspecified atom stereocenters. The first kappa shape index (κ1) is 13.1. The number of carbonyl (C=O) groups is 1. The van der Waals surface area contributed by atoms with Crippen LogP contribution in [0.15, 0.2) is 42.7 Å². The smallest absolute Gasteiger partial charge is 0.399 e. The van der Waals surface area contributed by atoms with Crippen LogP contribution >= 0.6 is 0 Å². The number of nitrogens with zero attached hydrogens (tertiary/aromatic N) is 1. The van der Waals surface area contributed by atoms with Gasteiger partial charge in [-0.2, -0.15) is 13.2 Å². The molecule has 0 radical (unpaired) electrons. The molecule has 1 aromatic heterocycles. The minimum atomic E-state index is -4.60. The van der Waals surface area contributed by atoms with E-state index in [-0.39, 0.29) is 5.56 Å². The number of rotatable bonds is 2. The van der Waals surface area contributed by atoms with E-state index >= 15 is 0 Å². The Labute approximate surface area is 106 Å². The summed E-state index contributed by atoms with van der Waals surface area (Å²) >= 11 is 0. The number of pyridine rings is 1. The van der Waals surface area contributed by atoms with Crippen molar-refractivity contribution in [3.05, 3.63) is 59.4 Å². The highest BCUT2D eigenvalue weighted by Crippen LogP contribution is 2.32. The van der Waals surface area contributed by atoms with Gasteiger partial charge in [-0.25, -0.2) is 0 Å². The van der Waals surface area contributed by atoms with Crippen molar-refractivity contribution >= 4 is 11.5 Å². The molecule has 3 nitrogen and oxygen atoms in total. The van der Waals surface area contributed by atoms with E-state index in [0.29, 0.717) is 5.69 Å². The molecular formula is C13H9F3N2O. The number of halogens is 3. The lowest BCUT2D eigenvalue weighted by molar-refractivity contribution is -0.137. The molecule has 2 rings (SSSR count). The van der Waals surface area contributed by atoms with Crippen LogP contribution in [0, 0.1) is 0 Å². The fraction of sp³-hybridized carbons (Fsp3) is 0.0769. The fourth-order valence-corrected chi connectivity index (χ4v) is 1.66. The summed E-state index contributed by atoms with van der Waals surface area (Å²) in [6.07, 6.45) is -2.69. The molecule has 0 saturated heterocycles. The first-order valence-corrected chi connectivity index (χ1v) is 5.31. The second kappa shape index (κ2) is 4.72. The molecule has 0 bridgehead atoms. The average Bonchev–Trinajstić information content (AvgIpc) is 2.37. The van der Waals surface area contributed by atoms with Crippen molar-refractivity contribution in [3.63, 3.8) is 0 Å². The van der Waals surface area contributed by atoms with Gasteiger partial charge in [0, 0.05) is 23.6 Å². The second-order valence-corrected chi connectivity index (χ2v) is 3.87. The van der Waals surface area contributed by atoms with Gasteiger partial charge in [0.05, 0.1) is 11.1 Å². The van der Waals surface area contributed by atoms with Crippen LogP contribution in [-0.4, -0.2) is 10.8 Å². The van der Waals surface area contributed by atoms with Crippen LogP contribution in [0.1, 0.15) is 21.5 Å². The number of aromatic nitrogens is 1. The Bertz CT molecular complexity index is 623. The first-order chi connectivity index (χ1) is 8.89. The standard InChI is InChI=1S/C13H9F3N2O/c14-13(15,16)11-4-5-18-7-10(11)12(19)8-2-1-3-9(17)6-8/h1-7H,17H2. The Morgan fingerprint density at radius 1 is 1.21 bits per heavy atom. The maximum absolute atomic E-state index is 12.8. The molecule has 2 aromatic rings. The van der Waals surface area contributed by atoms with Gasteiger partial charge in [-0.3, -0.25) is 9.78 Å². The molecule has 0 amide bonds. The van der Waals surface area contributed by atoms with E-state index in [9.17, 15) is 18.0 Å². The molecule has 19 heavy (non-hydrogen) atoms. The zero-order valence-electron chi connectivity index (χ0n) is 9.61. The van der Waals surface area contributed by atoms with Gasteiger partial charge < -0.3 is 5.73 Å². The van der Waals surface area contributed by atoms with Crippen molar-refractivity contribution < 1.29 is 18.0 Å². The zero-order chi connectivity index (χ0) is 14.0. The van der Waals surface area contributed by atoms with Crippen LogP contribution in [-0.2, 0) is 6.18 Å². The van der Waals surface area contributed by atoms with Crippen molar-refractivity contribution in [2.45, 2.75) is 6.18 Å². The van der Waals surface area contributed by atoms with E-state index in [2.05, 4.69) is 4.98 Å². The van der Waals surface area contributed by atoms with Gasteiger partial charge in [0.1, 0.15) is 0 Å². The second-order valence-electron chi connectivity index (χ2n) is 3.87. The summed E-state index contributed by atoms with van der Waals surface area (Å²) in [5.41, 5.74) is 4.42. The molecule has 98 valence electrons. The zero-order valence-corrected chi connectivity index (χ0v) is 9.61. The number of alkyl halides is 3. The maximum atomic E-state index is 12.8. The Hall–Kier alpha value is -2.37. The summed E-state index contributed by atoms with van der Waals surface area (Å²) in [7, 11) is 0. The fourth-order valence-electron chi connectivity index (χ4n) is 1.66. The van der Waals surface area contributed by atoms with Crippen molar-refractivity contribution in [1.82, 2.24) is 4.98 Å². The lowest BCUT2D eigenvalue weighted by Gasteiger charge is -2.11. The van der Waals surface area contributed by atoms with E-state index in [1.165, 1.54) is 18.2 Å². The number of ketones is 1. The predicted molar refractivity (Wildman–Crippen MR) is 63.5 cm³/mol. The van der Waals surface area contributed by atoms with E-state index in [4.69, 9.17) is 5.73 Å². The SMILES string of the molecule is Nc1cccc(C(=O)c2cnccc2C(F)(F)F)c1. The minimum Gasteiger partial charge on any atom is -0.399 e. The number of nitrogen functional groups attached to an aromatic ring is 1. The highest BCUT2D eigenvalue weighted by Gasteiger charge is 2.35. The average molecular weight is 266 g/mol. The topological polar surface area (TPSA) is 56.0 Å². The largest absolute Gasteiger partial charge is 0.417 e. The van der Waals surface area contributed by atoms with E-state index in [0.717, 1.165) is 18.5 Å². The highest BCUT2D eigenvalue weighted by atomic mass is 19.4. The van der Waals surface area contributed by atoms with Gasteiger partial charge >= 0.3 is 6.18 Å². The van der Waals surface area contributed by atoms with Crippen LogP contribution in [0.5, 0.6) is 0 Å². The van der Waals surface area contributed by atoms with E-state index in [1.54, 1.807) is 6.07 Å². The highest BCUT2D eigenvalue weighted by molar-refractivity contribution is 6.10. The van der Waals surface area contributed by atoms with Crippen molar-refractivity contribution in [1.29, 1.82) is 0 Å². The maximum Gasteiger partial charge on any atom is 0.417 e. The third-order valence-electron chi connectivity index (χ3n) is 2.52. The number of benzene rings is 1. The third kappa shape index (κ3) is 2.73. The number of carbonyl (C=O) groups excluding carboxylic acids is 1. The third-order valence-corrected chi connectivity index (χ3v) is 2.52. The number of hydrogen-bond donors (Lipinski definition) is 1. The Kier molecular flexibility index (Phi) is 3.25. The molecule has 0 atom stereocenters. The molecule has 0 fully saturated rings. The molecule has 0 saturated carbocycles. The van der Waals surface area contributed by atoms with Gasteiger partial charge in [-0.05, 0) is 18.2 Å². The van der Waals surface area contributed by atoms with E-state index in [1.807, 2.05) is 0 Å². The Morgan fingerprint density at radius 3 is 2.58 bits per heavy atom. The van der Waals surface area contributed by atoms with Crippen LogP contribution in [0.4, 0.5) is 18.9 Å². The summed E-state index contributed by atoms with van der Waals surface area (Å²) in [5, 5.41) is 0. The summed E-state index contributed by atoms with van der Waals surface area (Å²) in [6, 6.07) is 6.57. The molecule has 1 heterocycles. The van der Waals surface area contributed by atoms with Gasteiger partial charge in [0.15, 0.2) is 5.78 Å². The summed E-state index contributed by atoms with van der Waals surface area (Å²) < 4.78 is 38.4. The molecule has 0 aliphatic carbocycles. The van der Waals surface area contributed by atoms with Gasteiger partial charge in [-0.1, -0.05) is 12.1 Å². The Balaban J connectivity index is 2.51. The lowest BCUT2D eigenvalue weighted by Crippen LogP contribution is -2.14. The number of hydrogen-bond acceptors (Lipinski definition) is 3. The Morgan fingerprint density at radius 2 is 1.95 bits per heavy atom. The van der Waals surface area contributed by atoms with Crippen LogP contribution < -0.4 is 5.73 Å². The van der Waals surface area contributed by atoms with Crippen LogP contribution in [0.25, 0.3) is 0 Å². The van der Waals surface area contributed by atoms with Gasteiger partial charge in [0.25, 0.3) is 0 Å². The summed E-state index contributed by atoms with van der Waals surface area (Å²) in [5.74, 6) is -0.757. The van der Waals surface area contributed by atoms with Crippen molar-refractivity contribution in [3.8, 4) is 0 Å². The first-order valence-electron chi connectivity index (χ1n) is 5.31. The van der Waals surface area contributed by atoms with Crippen LogP contribution in [0.3, 0.4) is 0 Å². The quantitative estimate of drug-likeness (QED) is 0.671. The lowest BCUT2D eigenvalue weighted by atomic mass is 10.00. The van der Waals surface area contributed by atoms with E-state index < -0.39 is 23.1 Å². The van der Waals surface area contributed by atoms with Crippen molar-refractivity contribution in [2.24, 2.45) is 0 Å². The normalized spacial score (nSPS) is 11.3. The molecule has 2 N–H and O–H groups in total. The van der Waals surface area contributed by atoms with Crippen molar-refractivity contribution in [2.75, 3.05) is 5.73 Å². The monoisotopic (exact) mass is 266 g/mol. The van der Waals surface area contributed by atoms with Gasteiger partial charge in [0.2, 0.25) is 0 Å². The minimum absolute atomic E-state index is 0.0958. The predicted octanol–water partition coefficient (Wildman–Crippen LogP) is 2.91. The number of anilines is 1. The summed E-state index contributed by atoms with van der Waals surface area (Å²) in [6.45, 7) is 0. The number of nitrogens with two attached hydrogens (primary N) is 1. The molecule has 6 heteroatoms. The van der Waals surface area contributed by atoms with Crippen LogP contribution in [0.2, 0.25) is 0 Å². The van der Waals surface area contributed by atoms with Gasteiger partial charge in [-0.15, -0.1) is 0 Å². The molecule has 0 aliphatic heterocycles. The summed E-state index contributed by atoms with van der Waals surface area (Å²) in [4.78, 5) is 15.6. The molecule has 0 aliphatic rings. The molecule has 1 aromatic carbocycles. The molecule has 0 spiro atoms.